The van der Waals surface area contributed by atoms with E-state index in [9.17, 15) is 18.0 Å². The van der Waals surface area contributed by atoms with Gasteiger partial charge in [-0.3, -0.25) is 9.69 Å². The largest absolute Gasteiger partial charge is 0.416 e. The fraction of sp³-hybridized carbons (Fsp3) is 0.200. The number of carbonyl (C=O) groups is 1. The molecule has 0 bridgehead atoms. The number of anilines is 2. The van der Waals surface area contributed by atoms with E-state index in [2.05, 4.69) is 20.9 Å². The molecule has 0 N–H and O–H groups in total. The van der Waals surface area contributed by atoms with E-state index in [1.54, 1.807) is 23.6 Å². The monoisotopic (exact) mass is 502 g/mol. The first-order valence-corrected chi connectivity index (χ1v) is 10.9. The molecule has 0 aliphatic rings. The van der Waals surface area contributed by atoms with Crippen LogP contribution in [0.2, 0.25) is 5.02 Å². The summed E-state index contributed by atoms with van der Waals surface area (Å²) in [5, 5.41) is 3.21. The van der Waals surface area contributed by atoms with Crippen LogP contribution in [0.5, 0.6) is 0 Å². The Bertz CT molecular complexity index is 1010. The normalized spacial score (nSPS) is 11.5. The summed E-state index contributed by atoms with van der Waals surface area (Å²) in [5.74, 6) is -0.323. The minimum Gasteiger partial charge on any atom is -0.274 e. The van der Waals surface area contributed by atoms with Crippen LogP contribution in [-0.4, -0.2) is 16.2 Å². The molecular formula is C20H15BrClF3N2OS. The maximum absolute atomic E-state index is 13.2. The van der Waals surface area contributed by atoms with Crippen LogP contribution in [-0.2, 0) is 11.0 Å². The van der Waals surface area contributed by atoms with Gasteiger partial charge >= 0.3 is 6.18 Å². The fourth-order valence-corrected chi connectivity index (χ4v) is 4.00. The van der Waals surface area contributed by atoms with Crippen molar-refractivity contribution in [3.63, 3.8) is 0 Å². The maximum atomic E-state index is 13.2. The van der Waals surface area contributed by atoms with E-state index in [0.717, 1.165) is 17.7 Å². The highest BCUT2D eigenvalue weighted by Crippen LogP contribution is 2.37. The van der Waals surface area contributed by atoms with Crippen molar-refractivity contribution in [2.75, 3.05) is 10.2 Å². The van der Waals surface area contributed by atoms with Crippen LogP contribution in [0.1, 0.15) is 18.4 Å². The van der Waals surface area contributed by atoms with Crippen molar-refractivity contribution in [3.05, 3.63) is 64.5 Å². The third-order valence-electron chi connectivity index (χ3n) is 4.01. The molecule has 152 valence electrons. The van der Waals surface area contributed by atoms with Gasteiger partial charge in [-0.2, -0.15) is 13.2 Å². The first-order valence-electron chi connectivity index (χ1n) is 8.57. The molecule has 0 unspecified atom stereocenters. The zero-order valence-corrected chi connectivity index (χ0v) is 18.1. The average Bonchev–Trinajstić information content (AvgIpc) is 3.16. The van der Waals surface area contributed by atoms with Gasteiger partial charge in [0.2, 0.25) is 5.91 Å². The van der Waals surface area contributed by atoms with Crippen LogP contribution in [0, 0.1) is 0 Å². The van der Waals surface area contributed by atoms with E-state index in [4.69, 9.17) is 11.6 Å². The number of nitrogens with zero attached hydrogens (tertiary/aromatic N) is 2. The number of aromatic nitrogens is 1. The Hall–Kier alpha value is -1.90. The molecule has 29 heavy (non-hydrogen) atoms. The van der Waals surface area contributed by atoms with E-state index in [1.807, 2.05) is 6.07 Å². The van der Waals surface area contributed by atoms with Crippen LogP contribution in [0.25, 0.3) is 11.3 Å². The zero-order valence-electron chi connectivity index (χ0n) is 14.9. The van der Waals surface area contributed by atoms with E-state index >= 15 is 0 Å². The number of halogens is 5. The van der Waals surface area contributed by atoms with Gasteiger partial charge in [0.1, 0.15) is 0 Å². The topological polar surface area (TPSA) is 33.2 Å². The molecule has 0 saturated carbocycles. The summed E-state index contributed by atoms with van der Waals surface area (Å²) >= 11 is 10.5. The Morgan fingerprint density at radius 1 is 1.17 bits per heavy atom. The Morgan fingerprint density at radius 3 is 2.62 bits per heavy atom. The Morgan fingerprint density at radius 2 is 1.93 bits per heavy atom. The summed E-state index contributed by atoms with van der Waals surface area (Å²) in [5.41, 5.74) is 0.668. The van der Waals surface area contributed by atoms with Crippen LogP contribution < -0.4 is 4.90 Å². The fourth-order valence-electron chi connectivity index (χ4n) is 2.66. The van der Waals surface area contributed by atoms with E-state index in [0.29, 0.717) is 27.6 Å². The first kappa shape index (κ1) is 21.8. The summed E-state index contributed by atoms with van der Waals surface area (Å²) < 4.78 is 39.5. The molecule has 1 amide bonds. The van der Waals surface area contributed by atoms with Gasteiger partial charge in [0.05, 0.1) is 16.9 Å². The number of carbonyl (C=O) groups excluding carboxylic acids is 1. The Labute approximate surface area is 183 Å². The lowest BCUT2D eigenvalue weighted by atomic mass is 10.1. The summed E-state index contributed by atoms with van der Waals surface area (Å²) in [7, 11) is 0. The van der Waals surface area contributed by atoms with E-state index in [1.165, 1.54) is 28.4 Å². The smallest absolute Gasteiger partial charge is 0.274 e. The number of benzene rings is 2. The molecule has 0 fully saturated rings. The molecule has 0 spiro atoms. The SMILES string of the molecule is O=C(CCCBr)N(c1cccc(C(F)(F)F)c1)c1nc(-c2cccc(Cl)c2)cs1. The lowest BCUT2D eigenvalue weighted by Gasteiger charge is -2.21. The van der Waals surface area contributed by atoms with Gasteiger partial charge in [-0.15, -0.1) is 11.3 Å². The van der Waals surface area contributed by atoms with Crippen molar-refractivity contribution in [2.45, 2.75) is 19.0 Å². The molecule has 0 aliphatic carbocycles. The summed E-state index contributed by atoms with van der Waals surface area (Å²) in [6.07, 6.45) is -3.77. The molecular weight excluding hydrogens is 489 g/mol. The molecule has 0 aliphatic heterocycles. The summed E-state index contributed by atoms with van der Waals surface area (Å²) in [4.78, 5) is 18.6. The minimum absolute atomic E-state index is 0.131. The molecule has 2 aromatic carbocycles. The van der Waals surface area contributed by atoms with Gasteiger partial charge < -0.3 is 0 Å². The van der Waals surface area contributed by atoms with Crippen molar-refractivity contribution in [1.29, 1.82) is 0 Å². The third-order valence-corrected chi connectivity index (χ3v) is 5.63. The number of hydrogen-bond donors (Lipinski definition) is 0. The van der Waals surface area contributed by atoms with Gasteiger partial charge in [-0.1, -0.05) is 45.7 Å². The second-order valence-corrected chi connectivity index (χ2v) is 8.16. The zero-order chi connectivity index (χ0) is 21.0. The van der Waals surface area contributed by atoms with Crippen molar-refractivity contribution in [3.8, 4) is 11.3 Å². The standard InChI is InChI=1S/C20H15BrClF3N2OS/c21-9-3-8-18(28)27(16-7-2-5-14(11-16)20(23,24)25)19-26-17(12-29-19)13-4-1-6-15(22)10-13/h1-2,4-7,10-12H,3,8-9H2. The molecule has 1 heterocycles. The van der Waals surface area contributed by atoms with Crippen molar-refractivity contribution >= 4 is 55.6 Å². The Balaban J connectivity index is 2.02. The highest BCUT2D eigenvalue weighted by Gasteiger charge is 2.32. The van der Waals surface area contributed by atoms with Crippen LogP contribution >= 0.6 is 38.9 Å². The molecule has 3 aromatic rings. The van der Waals surface area contributed by atoms with Crippen molar-refractivity contribution in [1.82, 2.24) is 4.98 Å². The van der Waals surface area contributed by atoms with Gasteiger partial charge in [-0.05, 0) is 36.8 Å². The van der Waals surface area contributed by atoms with Crippen molar-refractivity contribution < 1.29 is 18.0 Å². The Kier molecular flexibility index (Phi) is 6.97. The van der Waals surface area contributed by atoms with Crippen molar-refractivity contribution in [2.24, 2.45) is 0 Å². The maximum Gasteiger partial charge on any atom is 0.416 e. The first-order chi connectivity index (χ1) is 13.8. The predicted octanol–water partition coefficient (Wildman–Crippen LogP) is 7.32. The average molecular weight is 504 g/mol. The van der Waals surface area contributed by atoms with Gasteiger partial charge in [-0.25, -0.2) is 4.98 Å². The number of rotatable bonds is 6. The number of amides is 1. The van der Waals surface area contributed by atoms with Crippen LogP contribution in [0.3, 0.4) is 0 Å². The van der Waals surface area contributed by atoms with E-state index < -0.39 is 11.7 Å². The quantitative estimate of drug-likeness (QED) is 0.330. The highest BCUT2D eigenvalue weighted by atomic mass is 79.9. The molecule has 3 rings (SSSR count). The third kappa shape index (κ3) is 5.38. The summed E-state index contributed by atoms with van der Waals surface area (Å²) in [6.45, 7) is 0. The van der Waals surface area contributed by atoms with E-state index in [-0.39, 0.29) is 18.0 Å². The number of hydrogen-bond acceptors (Lipinski definition) is 3. The second-order valence-electron chi connectivity index (χ2n) is 6.10. The van der Waals surface area contributed by atoms with Gasteiger partial charge in [0, 0.05) is 27.7 Å². The minimum atomic E-state index is -4.50. The lowest BCUT2D eigenvalue weighted by molar-refractivity contribution is -0.137. The molecule has 0 radical (unpaired) electrons. The lowest BCUT2D eigenvalue weighted by Crippen LogP contribution is -2.26. The van der Waals surface area contributed by atoms with Crippen LogP contribution in [0.4, 0.5) is 24.0 Å². The summed E-state index contributed by atoms with van der Waals surface area (Å²) in [6, 6.07) is 11.8. The predicted molar refractivity (Wildman–Crippen MR) is 114 cm³/mol. The van der Waals surface area contributed by atoms with Crippen LogP contribution in [0.15, 0.2) is 53.9 Å². The van der Waals surface area contributed by atoms with Gasteiger partial charge in [0.15, 0.2) is 5.13 Å². The second kappa shape index (κ2) is 9.28. The molecule has 9 heteroatoms. The molecule has 3 nitrogen and oxygen atoms in total. The number of thiazole rings is 1. The van der Waals surface area contributed by atoms with Gasteiger partial charge in [0.25, 0.3) is 0 Å². The molecule has 0 atom stereocenters. The number of alkyl halides is 4. The molecule has 0 saturated heterocycles. The highest BCUT2D eigenvalue weighted by molar-refractivity contribution is 9.09. The molecule has 1 aromatic heterocycles.